The smallest absolute Gasteiger partial charge is 0.153 e. The normalized spacial score (nSPS) is 16.3. The van der Waals surface area contributed by atoms with Crippen LogP contribution < -0.4 is 10.6 Å². The Morgan fingerprint density at radius 2 is 1.95 bits per heavy atom. The van der Waals surface area contributed by atoms with E-state index >= 15 is 0 Å². The van der Waals surface area contributed by atoms with Crippen LogP contribution in [-0.4, -0.2) is 38.0 Å². The van der Waals surface area contributed by atoms with Crippen molar-refractivity contribution in [3.63, 3.8) is 0 Å². The van der Waals surface area contributed by atoms with Crippen LogP contribution in [0.4, 0.5) is 11.5 Å². The number of anilines is 2. The maximum Gasteiger partial charge on any atom is 0.153 e. The van der Waals surface area contributed by atoms with Crippen LogP contribution in [0.25, 0.3) is 10.8 Å². The molecule has 3 rings (SSSR count). The summed E-state index contributed by atoms with van der Waals surface area (Å²) in [5, 5.41) is 1.87. The van der Waals surface area contributed by atoms with Crippen LogP contribution in [0.15, 0.2) is 24.4 Å². The molecule has 0 atom stereocenters. The number of hydrogen-bond donors (Lipinski definition) is 1. The van der Waals surface area contributed by atoms with Gasteiger partial charge in [0.05, 0.1) is 5.25 Å². The zero-order valence-corrected chi connectivity index (χ0v) is 13.9. The third-order valence-electron chi connectivity index (χ3n) is 4.35. The van der Waals surface area contributed by atoms with Crippen molar-refractivity contribution in [1.29, 1.82) is 0 Å². The first-order valence-electron chi connectivity index (χ1n) is 7.39. The van der Waals surface area contributed by atoms with Gasteiger partial charge in [0.1, 0.15) is 5.82 Å². The number of nitrogen functional groups attached to an aromatic ring is 1. The molecule has 1 fully saturated rings. The molecule has 5 nitrogen and oxygen atoms in total. The molecular weight excluding hydrogens is 298 g/mol. The lowest BCUT2D eigenvalue weighted by atomic mass is 9.95. The molecule has 0 aliphatic carbocycles. The number of aromatic nitrogens is 1. The minimum absolute atomic E-state index is 0.269. The largest absolute Gasteiger partial charge is 0.384 e. The molecular formula is C16H21N3O2S. The molecule has 1 aliphatic rings. The molecule has 22 heavy (non-hydrogen) atoms. The van der Waals surface area contributed by atoms with Crippen LogP contribution in [0.5, 0.6) is 0 Å². The van der Waals surface area contributed by atoms with E-state index in [-0.39, 0.29) is 5.25 Å². The van der Waals surface area contributed by atoms with E-state index in [9.17, 15) is 8.42 Å². The van der Waals surface area contributed by atoms with E-state index in [0.29, 0.717) is 24.8 Å². The summed E-state index contributed by atoms with van der Waals surface area (Å²) in [5.74, 6) is 0.891. The van der Waals surface area contributed by atoms with Crippen molar-refractivity contribution in [3.8, 4) is 0 Å². The molecule has 0 radical (unpaired) electrons. The quantitative estimate of drug-likeness (QED) is 0.938. The zero-order valence-electron chi connectivity index (χ0n) is 13.1. The topological polar surface area (TPSA) is 76.3 Å². The number of fused-ring (bicyclic) bond motifs is 1. The highest BCUT2D eigenvalue weighted by molar-refractivity contribution is 7.91. The molecule has 1 aliphatic heterocycles. The Hall–Kier alpha value is -1.82. The minimum atomic E-state index is -2.97. The maximum absolute atomic E-state index is 11.6. The van der Waals surface area contributed by atoms with Crippen molar-refractivity contribution in [3.05, 3.63) is 30.0 Å². The Morgan fingerprint density at radius 1 is 1.27 bits per heavy atom. The maximum atomic E-state index is 11.6. The van der Waals surface area contributed by atoms with E-state index in [1.807, 2.05) is 6.07 Å². The number of pyridine rings is 1. The standard InChI is InChI=1S/C16H21N3O2S/c1-10(2)12-4-5-15(14-7-18-16(17)6-13(12)14)19-8-11(9-19)22(3,20)21/h4-7,10-11H,8-9H2,1-3H3,(H2,17,18). The van der Waals surface area contributed by atoms with Crippen molar-refractivity contribution < 1.29 is 8.42 Å². The lowest BCUT2D eigenvalue weighted by Crippen LogP contribution is -2.54. The van der Waals surface area contributed by atoms with Crippen LogP contribution in [-0.2, 0) is 9.84 Å². The third kappa shape index (κ3) is 2.52. The number of nitrogens with two attached hydrogens (primary N) is 1. The van der Waals surface area contributed by atoms with Crippen molar-refractivity contribution in [2.75, 3.05) is 30.0 Å². The van der Waals surface area contributed by atoms with Gasteiger partial charge in [-0.25, -0.2) is 13.4 Å². The van der Waals surface area contributed by atoms with Gasteiger partial charge in [0.25, 0.3) is 0 Å². The predicted molar refractivity (Wildman–Crippen MR) is 91.1 cm³/mol. The molecule has 0 spiro atoms. The second kappa shape index (κ2) is 5.12. The second-order valence-electron chi connectivity index (χ2n) is 6.34. The van der Waals surface area contributed by atoms with Gasteiger partial charge in [0.2, 0.25) is 0 Å². The van der Waals surface area contributed by atoms with Crippen molar-refractivity contribution in [2.45, 2.75) is 25.0 Å². The van der Waals surface area contributed by atoms with Crippen LogP contribution in [0.3, 0.4) is 0 Å². The summed E-state index contributed by atoms with van der Waals surface area (Å²) in [5.41, 5.74) is 8.10. The van der Waals surface area contributed by atoms with Gasteiger partial charge in [-0.3, -0.25) is 0 Å². The van der Waals surface area contributed by atoms with E-state index < -0.39 is 9.84 Å². The molecule has 0 amide bonds. The summed E-state index contributed by atoms with van der Waals surface area (Å²) in [6, 6.07) is 6.07. The number of sulfone groups is 1. The fraction of sp³-hybridized carbons (Fsp3) is 0.438. The van der Waals surface area contributed by atoms with Crippen molar-refractivity contribution in [1.82, 2.24) is 4.98 Å². The van der Waals surface area contributed by atoms with Gasteiger partial charge in [-0.2, -0.15) is 0 Å². The summed E-state index contributed by atoms with van der Waals surface area (Å²) < 4.78 is 23.2. The highest BCUT2D eigenvalue weighted by atomic mass is 32.2. The fourth-order valence-electron chi connectivity index (χ4n) is 2.95. The van der Waals surface area contributed by atoms with Crippen LogP contribution in [0.1, 0.15) is 25.3 Å². The number of hydrogen-bond acceptors (Lipinski definition) is 5. The summed E-state index contributed by atoms with van der Waals surface area (Å²) >= 11 is 0. The first-order valence-corrected chi connectivity index (χ1v) is 9.34. The van der Waals surface area contributed by atoms with Gasteiger partial charge in [-0.1, -0.05) is 19.9 Å². The predicted octanol–water partition coefficient (Wildman–Crippen LogP) is 2.17. The van der Waals surface area contributed by atoms with Gasteiger partial charge >= 0.3 is 0 Å². The lowest BCUT2D eigenvalue weighted by Gasteiger charge is -2.40. The van der Waals surface area contributed by atoms with E-state index in [4.69, 9.17) is 5.73 Å². The summed E-state index contributed by atoms with van der Waals surface area (Å²) in [6.45, 7) is 5.38. The molecule has 6 heteroatoms. The molecule has 2 N–H and O–H groups in total. The Bertz CT molecular complexity index is 825. The third-order valence-corrected chi connectivity index (χ3v) is 5.86. The summed E-state index contributed by atoms with van der Waals surface area (Å²) in [4.78, 5) is 6.30. The number of benzene rings is 1. The average Bonchev–Trinajstić information content (AvgIpc) is 2.34. The van der Waals surface area contributed by atoms with Crippen molar-refractivity contribution >= 4 is 32.1 Å². The molecule has 2 heterocycles. The van der Waals surface area contributed by atoms with Crippen LogP contribution in [0, 0.1) is 0 Å². The Morgan fingerprint density at radius 3 is 2.55 bits per heavy atom. The second-order valence-corrected chi connectivity index (χ2v) is 8.67. The molecule has 0 bridgehead atoms. The Kier molecular flexibility index (Phi) is 3.51. The molecule has 0 saturated carbocycles. The molecule has 0 unspecified atom stereocenters. The van der Waals surface area contributed by atoms with E-state index in [0.717, 1.165) is 16.5 Å². The first-order chi connectivity index (χ1) is 10.3. The van der Waals surface area contributed by atoms with Crippen LogP contribution >= 0.6 is 0 Å². The van der Waals surface area contributed by atoms with Crippen LogP contribution in [0.2, 0.25) is 0 Å². The average molecular weight is 319 g/mol. The van der Waals surface area contributed by atoms with Gasteiger partial charge in [0.15, 0.2) is 9.84 Å². The highest BCUT2D eigenvalue weighted by Gasteiger charge is 2.35. The molecule has 1 saturated heterocycles. The molecule has 1 aromatic heterocycles. The van der Waals surface area contributed by atoms with E-state index in [1.54, 1.807) is 6.20 Å². The number of rotatable bonds is 3. The van der Waals surface area contributed by atoms with Gasteiger partial charge in [0, 0.05) is 36.6 Å². The minimum Gasteiger partial charge on any atom is -0.384 e. The Balaban J connectivity index is 2.04. The Labute approximate surface area is 131 Å². The SMILES string of the molecule is CC(C)c1ccc(N2CC(S(C)(=O)=O)C2)c2cnc(N)cc12. The van der Waals surface area contributed by atoms with Crippen molar-refractivity contribution in [2.24, 2.45) is 0 Å². The molecule has 118 valence electrons. The van der Waals surface area contributed by atoms with E-state index in [1.165, 1.54) is 11.8 Å². The zero-order chi connectivity index (χ0) is 16.1. The molecule has 2 aromatic rings. The number of nitrogens with zero attached hydrogens (tertiary/aromatic N) is 2. The fourth-order valence-corrected chi connectivity index (χ4v) is 3.85. The van der Waals surface area contributed by atoms with Gasteiger partial charge in [-0.05, 0) is 29.0 Å². The monoisotopic (exact) mass is 319 g/mol. The molecule has 1 aromatic carbocycles. The summed E-state index contributed by atoms with van der Waals surface area (Å²) in [6.07, 6.45) is 3.09. The van der Waals surface area contributed by atoms with Gasteiger partial charge < -0.3 is 10.6 Å². The van der Waals surface area contributed by atoms with Gasteiger partial charge in [-0.15, -0.1) is 0 Å². The van der Waals surface area contributed by atoms with E-state index in [2.05, 4.69) is 35.9 Å². The lowest BCUT2D eigenvalue weighted by molar-refractivity contribution is 0.547. The highest BCUT2D eigenvalue weighted by Crippen LogP contribution is 2.35. The first kappa shape index (κ1) is 15.1. The summed E-state index contributed by atoms with van der Waals surface area (Å²) in [7, 11) is -2.97.